The Morgan fingerprint density at radius 2 is 1.61 bits per heavy atom. The van der Waals surface area contributed by atoms with Crippen molar-refractivity contribution in [3.8, 4) is 0 Å². The third kappa shape index (κ3) is 5.33. The van der Waals surface area contributed by atoms with E-state index in [9.17, 15) is 4.79 Å². The molecule has 3 aromatic rings. The van der Waals surface area contributed by atoms with E-state index in [1.54, 1.807) is 0 Å². The van der Waals surface area contributed by atoms with Crippen molar-refractivity contribution in [3.63, 3.8) is 0 Å². The summed E-state index contributed by atoms with van der Waals surface area (Å²) in [7, 11) is 1.97. The summed E-state index contributed by atoms with van der Waals surface area (Å²) in [6, 6.07) is 23.3. The van der Waals surface area contributed by atoms with Gasteiger partial charge in [-0.05, 0) is 52.8 Å². The molecular weight excluding hydrogens is 382 g/mol. The van der Waals surface area contributed by atoms with E-state index >= 15 is 0 Å². The summed E-state index contributed by atoms with van der Waals surface area (Å²) in [5.74, 6) is 0.190. The highest BCUT2D eigenvalue weighted by molar-refractivity contribution is 5.83. The molecule has 1 fully saturated rings. The first-order chi connectivity index (χ1) is 15.1. The van der Waals surface area contributed by atoms with Crippen LogP contribution in [-0.2, 0) is 24.3 Å². The summed E-state index contributed by atoms with van der Waals surface area (Å²) in [5.41, 5.74) is 9.19. The maximum Gasteiger partial charge on any atom is 0.240 e. The highest BCUT2D eigenvalue weighted by atomic mass is 16.2. The molecule has 31 heavy (non-hydrogen) atoms. The second-order valence-corrected chi connectivity index (χ2v) is 8.73. The third-order valence-corrected chi connectivity index (χ3v) is 6.58. The van der Waals surface area contributed by atoms with Gasteiger partial charge in [-0.15, -0.1) is 0 Å². The van der Waals surface area contributed by atoms with Crippen LogP contribution in [0.5, 0.6) is 0 Å². The van der Waals surface area contributed by atoms with Crippen molar-refractivity contribution < 1.29 is 4.79 Å². The van der Waals surface area contributed by atoms with Gasteiger partial charge >= 0.3 is 0 Å². The number of nitrogens with two attached hydrogens (primary N) is 1. The van der Waals surface area contributed by atoms with Crippen LogP contribution in [0.3, 0.4) is 0 Å². The minimum absolute atomic E-state index is 0.190. The smallest absolute Gasteiger partial charge is 0.240 e. The van der Waals surface area contributed by atoms with Crippen LogP contribution in [0.2, 0.25) is 0 Å². The second kappa shape index (κ2) is 10.1. The number of benzene rings is 3. The maximum atomic E-state index is 13.4. The van der Waals surface area contributed by atoms with Gasteiger partial charge in [-0.2, -0.15) is 0 Å². The Morgan fingerprint density at radius 3 is 2.32 bits per heavy atom. The average Bonchev–Trinajstić information content (AvgIpc) is 3.36. The van der Waals surface area contributed by atoms with Crippen molar-refractivity contribution in [2.24, 2.45) is 5.73 Å². The standard InChI is InChI=1S/C27H33N3O/c1-30(25-8-4-5-9-25)27(31)26(17-20-10-12-21(18-28)13-11-20)29-19-22-14-15-23-6-2-3-7-24(23)16-22/h2-3,6-7,10-16,25-26,29H,4-5,8-9,17-19,28H2,1H3/t26-/m0/s1. The van der Waals surface area contributed by atoms with E-state index in [2.05, 4.69) is 72.0 Å². The van der Waals surface area contributed by atoms with E-state index in [1.807, 2.05) is 11.9 Å². The molecule has 0 bridgehead atoms. The zero-order valence-electron chi connectivity index (χ0n) is 18.4. The topological polar surface area (TPSA) is 58.4 Å². The van der Waals surface area contributed by atoms with Gasteiger partial charge in [-0.3, -0.25) is 4.79 Å². The summed E-state index contributed by atoms with van der Waals surface area (Å²) in [6.07, 6.45) is 5.35. The normalized spacial score (nSPS) is 15.3. The first-order valence-electron chi connectivity index (χ1n) is 11.4. The van der Waals surface area contributed by atoms with Gasteiger partial charge in [0.1, 0.15) is 0 Å². The van der Waals surface area contributed by atoms with Crippen molar-refractivity contribution in [2.45, 2.75) is 57.3 Å². The van der Waals surface area contributed by atoms with Gasteiger partial charge in [0.15, 0.2) is 0 Å². The SMILES string of the molecule is CN(C(=O)[C@H](Cc1ccc(CN)cc1)NCc1ccc2ccccc2c1)C1CCCC1. The first kappa shape index (κ1) is 21.5. The predicted octanol–water partition coefficient (Wildman–Crippen LogP) is 4.40. The lowest BCUT2D eigenvalue weighted by Crippen LogP contribution is -2.49. The fourth-order valence-electron chi connectivity index (χ4n) is 4.60. The highest BCUT2D eigenvalue weighted by Gasteiger charge is 2.28. The largest absolute Gasteiger partial charge is 0.341 e. The molecule has 0 saturated heterocycles. The van der Waals surface area contributed by atoms with E-state index in [1.165, 1.54) is 29.2 Å². The fraction of sp³-hybridized carbons (Fsp3) is 0.370. The van der Waals surface area contributed by atoms with Crippen LogP contribution >= 0.6 is 0 Å². The second-order valence-electron chi connectivity index (χ2n) is 8.73. The molecule has 1 aliphatic carbocycles. The lowest BCUT2D eigenvalue weighted by atomic mass is 10.0. The van der Waals surface area contributed by atoms with Gasteiger partial charge in [0.2, 0.25) is 5.91 Å². The molecule has 3 N–H and O–H groups in total. The summed E-state index contributed by atoms with van der Waals surface area (Å²) >= 11 is 0. The van der Waals surface area contributed by atoms with Gasteiger partial charge in [0, 0.05) is 26.2 Å². The minimum Gasteiger partial charge on any atom is -0.341 e. The number of carbonyl (C=O) groups is 1. The van der Waals surface area contributed by atoms with Crippen LogP contribution in [0.15, 0.2) is 66.7 Å². The summed E-state index contributed by atoms with van der Waals surface area (Å²) in [6.45, 7) is 1.20. The van der Waals surface area contributed by atoms with Crippen molar-refractivity contribution in [2.75, 3.05) is 7.05 Å². The van der Waals surface area contributed by atoms with E-state index in [0.29, 0.717) is 25.6 Å². The molecule has 0 spiro atoms. The number of rotatable bonds is 8. The van der Waals surface area contributed by atoms with Gasteiger partial charge in [0.25, 0.3) is 0 Å². The van der Waals surface area contributed by atoms with Crippen molar-refractivity contribution in [1.29, 1.82) is 0 Å². The zero-order chi connectivity index (χ0) is 21.6. The molecule has 0 radical (unpaired) electrons. The van der Waals surface area contributed by atoms with E-state index < -0.39 is 0 Å². The number of likely N-dealkylation sites (N-methyl/N-ethyl adjacent to an activating group) is 1. The van der Waals surface area contributed by atoms with Crippen molar-refractivity contribution >= 4 is 16.7 Å². The van der Waals surface area contributed by atoms with Gasteiger partial charge in [0.05, 0.1) is 6.04 Å². The van der Waals surface area contributed by atoms with E-state index in [4.69, 9.17) is 5.73 Å². The van der Waals surface area contributed by atoms with Crippen LogP contribution in [-0.4, -0.2) is 29.9 Å². The number of fused-ring (bicyclic) bond motifs is 1. The lowest BCUT2D eigenvalue weighted by Gasteiger charge is -2.29. The summed E-state index contributed by atoms with van der Waals surface area (Å²) in [5, 5.41) is 6.03. The van der Waals surface area contributed by atoms with Gasteiger partial charge < -0.3 is 16.0 Å². The Morgan fingerprint density at radius 1 is 0.968 bits per heavy atom. The monoisotopic (exact) mass is 415 g/mol. The highest BCUT2D eigenvalue weighted by Crippen LogP contribution is 2.23. The number of nitrogens with zero attached hydrogens (tertiary/aromatic N) is 1. The fourth-order valence-corrected chi connectivity index (χ4v) is 4.60. The molecule has 4 nitrogen and oxygen atoms in total. The molecule has 1 aliphatic rings. The van der Waals surface area contributed by atoms with Crippen molar-refractivity contribution in [3.05, 3.63) is 83.4 Å². The minimum atomic E-state index is -0.249. The Labute approximate surface area is 185 Å². The van der Waals surface area contributed by atoms with Crippen LogP contribution in [0.4, 0.5) is 0 Å². The average molecular weight is 416 g/mol. The van der Waals surface area contributed by atoms with Crippen molar-refractivity contribution in [1.82, 2.24) is 10.2 Å². The Kier molecular flexibility index (Phi) is 7.00. The number of carbonyl (C=O) groups excluding carboxylic acids is 1. The zero-order valence-corrected chi connectivity index (χ0v) is 18.4. The Bertz CT molecular complexity index is 1010. The van der Waals surface area contributed by atoms with Crippen LogP contribution in [0.1, 0.15) is 42.4 Å². The Balaban J connectivity index is 1.50. The van der Waals surface area contributed by atoms with E-state index in [0.717, 1.165) is 24.0 Å². The molecule has 0 aliphatic heterocycles. The number of nitrogens with one attached hydrogen (secondary N) is 1. The molecule has 162 valence electrons. The number of amides is 1. The Hall–Kier alpha value is -2.69. The predicted molar refractivity (Wildman–Crippen MR) is 128 cm³/mol. The number of hydrogen-bond acceptors (Lipinski definition) is 3. The first-order valence-corrected chi connectivity index (χ1v) is 11.4. The van der Waals surface area contributed by atoms with Gasteiger partial charge in [-0.1, -0.05) is 73.5 Å². The molecule has 4 rings (SSSR count). The summed E-state index contributed by atoms with van der Waals surface area (Å²) < 4.78 is 0. The van der Waals surface area contributed by atoms with E-state index in [-0.39, 0.29) is 11.9 Å². The quantitative estimate of drug-likeness (QED) is 0.573. The number of hydrogen-bond donors (Lipinski definition) is 2. The maximum absolute atomic E-state index is 13.4. The summed E-state index contributed by atoms with van der Waals surface area (Å²) in [4.78, 5) is 15.4. The van der Waals surface area contributed by atoms with Crippen LogP contribution in [0, 0.1) is 0 Å². The van der Waals surface area contributed by atoms with Crippen LogP contribution in [0.25, 0.3) is 10.8 Å². The molecule has 0 heterocycles. The van der Waals surface area contributed by atoms with Crippen LogP contribution < -0.4 is 11.1 Å². The molecule has 4 heteroatoms. The van der Waals surface area contributed by atoms with Gasteiger partial charge in [-0.25, -0.2) is 0 Å². The lowest BCUT2D eigenvalue weighted by molar-refractivity contribution is -0.134. The molecule has 1 amide bonds. The third-order valence-electron chi connectivity index (χ3n) is 6.58. The molecule has 1 atom stereocenters. The molecule has 3 aromatic carbocycles. The molecular formula is C27H33N3O. The molecule has 1 saturated carbocycles. The molecule has 0 unspecified atom stereocenters. The molecule has 0 aromatic heterocycles.